The molecule has 1 aromatic rings. The summed E-state index contributed by atoms with van der Waals surface area (Å²) in [6.45, 7) is 6.23. The molecule has 0 N–H and O–H groups in total. The van der Waals surface area contributed by atoms with Crippen molar-refractivity contribution in [1.82, 2.24) is 19.4 Å². The van der Waals surface area contributed by atoms with Crippen molar-refractivity contribution in [2.24, 2.45) is 11.8 Å². The van der Waals surface area contributed by atoms with E-state index in [1.165, 1.54) is 0 Å². The smallest absolute Gasteiger partial charge is 0.256 e. The first-order valence-electron chi connectivity index (χ1n) is 8.92. The molecule has 2 fully saturated rings. The molecule has 0 aromatic carbocycles. The molecule has 1 aromatic heterocycles. The Morgan fingerprint density at radius 2 is 1.92 bits per heavy atom. The quantitative estimate of drug-likeness (QED) is 0.802. The molecule has 1 atom stereocenters. The summed E-state index contributed by atoms with van der Waals surface area (Å²) < 4.78 is 1.69. The summed E-state index contributed by atoms with van der Waals surface area (Å²) in [5.41, 5.74) is 1.50. The van der Waals surface area contributed by atoms with Gasteiger partial charge in [0.25, 0.3) is 5.56 Å². The van der Waals surface area contributed by atoms with Gasteiger partial charge in [-0.05, 0) is 32.6 Å². The molecule has 2 saturated heterocycles. The summed E-state index contributed by atoms with van der Waals surface area (Å²) in [6.07, 6.45) is 3.71. The van der Waals surface area contributed by atoms with Crippen molar-refractivity contribution in [3.63, 3.8) is 0 Å². The fourth-order valence-electron chi connectivity index (χ4n) is 3.71. The lowest BCUT2D eigenvalue weighted by atomic mass is 9.95. The molecular weight excluding hydrogens is 320 g/mol. The van der Waals surface area contributed by atoms with Crippen LogP contribution in [0.3, 0.4) is 0 Å². The Bertz CT molecular complexity index is 734. The molecule has 1 unspecified atom stereocenters. The molecule has 7 heteroatoms. The topological polar surface area (TPSA) is 75.5 Å². The average molecular weight is 346 g/mol. The molecule has 0 saturated carbocycles. The second-order valence-electron chi connectivity index (χ2n) is 7.36. The van der Waals surface area contributed by atoms with Crippen LogP contribution in [-0.4, -0.2) is 57.8 Å². The van der Waals surface area contributed by atoms with E-state index in [4.69, 9.17) is 0 Å². The van der Waals surface area contributed by atoms with Crippen LogP contribution in [0.25, 0.3) is 0 Å². The van der Waals surface area contributed by atoms with Gasteiger partial charge in [0.1, 0.15) is 0 Å². The van der Waals surface area contributed by atoms with Gasteiger partial charge in [-0.1, -0.05) is 0 Å². The Balaban J connectivity index is 1.56. The summed E-state index contributed by atoms with van der Waals surface area (Å²) in [4.78, 5) is 44.3. The average Bonchev–Trinajstić information content (AvgIpc) is 2.94. The second-order valence-corrected chi connectivity index (χ2v) is 7.36. The Morgan fingerprint density at radius 1 is 1.24 bits per heavy atom. The normalized spacial score (nSPS) is 21.9. The van der Waals surface area contributed by atoms with E-state index in [0.717, 1.165) is 18.5 Å². The van der Waals surface area contributed by atoms with Gasteiger partial charge in [-0.2, -0.15) is 0 Å². The zero-order valence-electron chi connectivity index (χ0n) is 15.2. The Hall–Kier alpha value is -2.18. The molecule has 3 rings (SSSR count). The van der Waals surface area contributed by atoms with Gasteiger partial charge in [-0.25, -0.2) is 4.98 Å². The minimum atomic E-state index is -0.194. The van der Waals surface area contributed by atoms with E-state index < -0.39 is 0 Å². The number of carbonyl (C=O) groups is 2. The third kappa shape index (κ3) is 3.60. The molecule has 0 radical (unpaired) electrons. The highest BCUT2D eigenvalue weighted by Crippen LogP contribution is 2.24. The van der Waals surface area contributed by atoms with Crippen LogP contribution in [0.4, 0.5) is 0 Å². The van der Waals surface area contributed by atoms with Gasteiger partial charge in [0.2, 0.25) is 11.8 Å². The van der Waals surface area contributed by atoms with Crippen molar-refractivity contribution in [2.75, 3.05) is 26.7 Å². The highest BCUT2D eigenvalue weighted by Gasteiger charge is 2.35. The molecule has 0 aliphatic carbocycles. The summed E-state index contributed by atoms with van der Waals surface area (Å²) in [7, 11) is 1.75. The monoisotopic (exact) mass is 346 g/mol. The standard InChI is InChI=1S/C18H26N4O3/c1-12-13(2)19-11-22(17(12)24)9-14-4-6-21(7-5-14)18(25)15-8-16(23)20(3)10-15/h11,14-15H,4-10H2,1-3H3. The van der Waals surface area contributed by atoms with E-state index in [1.807, 2.05) is 18.7 Å². The first kappa shape index (κ1) is 17.6. The van der Waals surface area contributed by atoms with E-state index in [2.05, 4.69) is 4.98 Å². The molecule has 3 heterocycles. The number of likely N-dealkylation sites (tertiary alicyclic amines) is 2. The minimum absolute atomic E-state index is 0.0264. The maximum atomic E-state index is 12.6. The minimum Gasteiger partial charge on any atom is -0.345 e. The van der Waals surface area contributed by atoms with Crippen molar-refractivity contribution in [2.45, 2.75) is 39.7 Å². The summed E-state index contributed by atoms with van der Waals surface area (Å²) >= 11 is 0. The predicted molar refractivity (Wildman–Crippen MR) is 93.0 cm³/mol. The summed E-state index contributed by atoms with van der Waals surface area (Å²) in [5, 5.41) is 0. The Morgan fingerprint density at radius 3 is 2.52 bits per heavy atom. The molecule has 25 heavy (non-hydrogen) atoms. The van der Waals surface area contributed by atoms with Crippen molar-refractivity contribution >= 4 is 11.8 Å². The first-order valence-corrected chi connectivity index (χ1v) is 8.92. The largest absolute Gasteiger partial charge is 0.345 e. The van der Waals surface area contributed by atoms with Gasteiger partial charge in [0, 0.05) is 50.9 Å². The number of aromatic nitrogens is 2. The van der Waals surface area contributed by atoms with Crippen molar-refractivity contribution in [3.05, 3.63) is 27.9 Å². The lowest BCUT2D eigenvalue weighted by Crippen LogP contribution is -2.43. The number of carbonyl (C=O) groups excluding carboxylic acids is 2. The summed E-state index contributed by atoms with van der Waals surface area (Å²) in [5.74, 6) is 0.329. The van der Waals surface area contributed by atoms with Gasteiger partial charge in [0.05, 0.1) is 12.2 Å². The predicted octanol–water partition coefficient (Wildman–Crippen LogP) is 0.577. The molecule has 2 aliphatic heterocycles. The van der Waals surface area contributed by atoms with E-state index in [9.17, 15) is 14.4 Å². The number of nitrogens with zero attached hydrogens (tertiary/aromatic N) is 4. The van der Waals surface area contributed by atoms with Crippen LogP contribution >= 0.6 is 0 Å². The van der Waals surface area contributed by atoms with Crippen molar-refractivity contribution < 1.29 is 9.59 Å². The van der Waals surface area contributed by atoms with Crippen LogP contribution in [0.2, 0.25) is 0 Å². The van der Waals surface area contributed by atoms with E-state index >= 15 is 0 Å². The Kier molecular flexibility index (Phi) is 4.92. The van der Waals surface area contributed by atoms with Crippen LogP contribution in [-0.2, 0) is 16.1 Å². The van der Waals surface area contributed by atoms with Crippen LogP contribution in [0.15, 0.2) is 11.1 Å². The zero-order chi connectivity index (χ0) is 18.1. The van der Waals surface area contributed by atoms with Gasteiger partial charge in [-0.15, -0.1) is 0 Å². The van der Waals surface area contributed by atoms with Crippen LogP contribution in [0, 0.1) is 25.7 Å². The Labute approximate surface area is 147 Å². The van der Waals surface area contributed by atoms with Gasteiger partial charge in [0.15, 0.2) is 0 Å². The number of aryl methyl sites for hydroxylation is 1. The number of hydrogen-bond acceptors (Lipinski definition) is 4. The van der Waals surface area contributed by atoms with Gasteiger partial charge >= 0.3 is 0 Å². The molecular formula is C18H26N4O3. The third-order valence-corrected chi connectivity index (χ3v) is 5.59. The maximum absolute atomic E-state index is 12.6. The molecule has 2 amide bonds. The SMILES string of the molecule is Cc1ncn(CC2CCN(C(=O)C3CC(=O)N(C)C3)CC2)c(=O)c1C. The number of hydrogen-bond donors (Lipinski definition) is 0. The van der Waals surface area contributed by atoms with Gasteiger partial charge in [-0.3, -0.25) is 19.0 Å². The molecule has 7 nitrogen and oxygen atoms in total. The second kappa shape index (κ2) is 6.98. The summed E-state index contributed by atoms with van der Waals surface area (Å²) in [6, 6.07) is 0. The molecule has 0 bridgehead atoms. The lowest BCUT2D eigenvalue weighted by Gasteiger charge is -2.33. The lowest BCUT2D eigenvalue weighted by molar-refractivity contribution is -0.137. The molecule has 0 spiro atoms. The highest BCUT2D eigenvalue weighted by atomic mass is 16.2. The highest BCUT2D eigenvalue weighted by molar-refractivity contribution is 5.89. The van der Waals surface area contributed by atoms with Crippen LogP contribution in [0.5, 0.6) is 0 Å². The van der Waals surface area contributed by atoms with E-state index in [0.29, 0.717) is 44.1 Å². The maximum Gasteiger partial charge on any atom is 0.256 e. The van der Waals surface area contributed by atoms with Crippen LogP contribution < -0.4 is 5.56 Å². The zero-order valence-corrected chi connectivity index (χ0v) is 15.2. The van der Waals surface area contributed by atoms with Crippen molar-refractivity contribution in [1.29, 1.82) is 0 Å². The third-order valence-electron chi connectivity index (χ3n) is 5.59. The van der Waals surface area contributed by atoms with Crippen LogP contribution in [0.1, 0.15) is 30.5 Å². The number of rotatable bonds is 3. The first-order chi connectivity index (χ1) is 11.9. The van der Waals surface area contributed by atoms with Gasteiger partial charge < -0.3 is 9.80 Å². The van der Waals surface area contributed by atoms with Crippen molar-refractivity contribution in [3.8, 4) is 0 Å². The van der Waals surface area contributed by atoms with E-state index in [-0.39, 0.29) is 23.3 Å². The number of amides is 2. The number of piperidine rings is 1. The fraction of sp³-hybridized carbons (Fsp3) is 0.667. The molecule has 2 aliphatic rings. The fourth-order valence-corrected chi connectivity index (χ4v) is 3.71. The molecule has 136 valence electrons. The van der Waals surface area contributed by atoms with E-state index in [1.54, 1.807) is 22.8 Å².